The van der Waals surface area contributed by atoms with E-state index in [-0.39, 0.29) is 30.9 Å². The number of nitrogens with one attached hydrogen (secondary N) is 1. The number of nitrogens with zero attached hydrogens (tertiary/aromatic N) is 1. The first-order chi connectivity index (χ1) is 14.1. The van der Waals surface area contributed by atoms with E-state index in [9.17, 15) is 9.50 Å². The van der Waals surface area contributed by atoms with E-state index in [1.165, 1.54) is 6.07 Å². The number of aromatic nitrogens is 1. The molecule has 0 bridgehead atoms. The van der Waals surface area contributed by atoms with E-state index in [0.717, 1.165) is 16.9 Å². The Morgan fingerprint density at radius 2 is 1.72 bits per heavy atom. The predicted octanol–water partition coefficient (Wildman–Crippen LogP) is 4.57. The average Bonchev–Trinajstić information content (AvgIpc) is 2.75. The van der Waals surface area contributed by atoms with Crippen LogP contribution in [0.15, 0.2) is 66.7 Å². The van der Waals surface area contributed by atoms with Crippen molar-refractivity contribution < 1.29 is 14.2 Å². The van der Waals surface area contributed by atoms with Crippen molar-refractivity contribution in [1.82, 2.24) is 10.3 Å². The molecule has 4 nitrogen and oxygen atoms in total. The number of halogens is 1. The molecule has 0 spiro atoms. The molecule has 152 valence electrons. The Hall–Kier alpha value is -2.76. The van der Waals surface area contributed by atoms with Gasteiger partial charge in [-0.2, -0.15) is 0 Å². The molecule has 1 heterocycles. The minimum atomic E-state index is -0.357. The molecule has 0 aliphatic carbocycles. The molecule has 2 N–H and O–H groups in total. The third-order valence-corrected chi connectivity index (χ3v) is 4.85. The summed E-state index contributed by atoms with van der Waals surface area (Å²) in [5, 5.41) is 12.6. The van der Waals surface area contributed by atoms with Crippen molar-refractivity contribution in [2.24, 2.45) is 5.92 Å². The molecule has 0 unspecified atom stereocenters. The van der Waals surface area contributed by atoms with Gasteiger partial charge in [-0.15, -0.1) is 0 Å². The topological polar surface area (TPSA) is 54.4 Å². The van der Waals surface area contributed by atoms with E-state index in [4.69, 9.17) is 4.74 Å². The highest BCUT2D eigenvalue weighted by Gasteiger charge is 2.14. The molecule has 3 aromatic rings. The minimum absolute atomic E-state index is 0.00339. The summed E-state index contributed by atoms with van der Waals surface area (Å²) in [4.78, 5) is 4.47. The Labute approximate surface area is 171 Å². The lowest BCUT2D eigenvalue weighted by Gasteiger charge is -2.20. The van der Waals surface area contributed by atoms with Crippen molar-refractivity contribution in [3.05, 3.63) is 83.8 Å². The standard InChI is InChI=1S/C24H27FN2O2/c1-17(2)24(15-28)26-14-23-21(25)12-13-22(27-23)19-8-10-20(11-9-19)29-16-18-6-4-3-5-7-18/h3-13,17,24,26,28H,14-16H2,1-2H3/t24-/m0/s1. The Balaban J connectivity index is 1.67. The molecule has 0 saturated heterocycles. The average molecular weight is 394 g/mol. The summed E-state index contributed by atoms with van der Waals surface area (Å²) in [5.41, 5.74) is 3.03. The van der Waals surface area contributed by atoms with Crippen LogP contribution in [-0.4, -0.2) is 22.7 Å². The number of pyridine rings is 1. The van der Waals surface area contributed by atoms with Crippen molar-refractivity contribution in [1.29, 1.82) is 0 Å². The van der Waals surface area contributed by atoms with Gasteiger partial charge in [-0.25, -0.2) is 9.37 Å². The second-order valence-corrected chi connectivity index (χ2v) is 7.34. The van der Waals surface area contributed by atoms with Gasteiger partial charge in [-0.3, -0.25) is 0 Å². The maximum absolute atomic E-state index is 14.2. The summed E-state index contributed by atoms with van der Waals surface area (Å²) in [6.45, 7) is 4.79. The lowest BCUT2D eigenvalue weighted by molar-refractivity contribution is 0.209. The normalized spacial score (nSPS) is 12.2. The SMILES string of the molecule is CC(C)[C@H](CO)NCc1nc(-c2ccc(OCc3ccccc3)cc2)ccc1F. The number of aliphatic hydroxyl groups is 1. The Morgan fingerprint density at radius 1 is 1.00 bits per heavy atom. The van der Waals surface area contributed by atoms with E-state index >= 15 is 0 Å². The van der Waals surface area contributed by atoms with E-state index < -0.39 is 0 Å². The van der Waals surface area contributed by atoms with Gasteiger partial charge in [0, 0.05) is 18.2 Å². The van der Waals surface area contributed by atoms with Crippen LogP contribution in [0.25, 0.3) is 11.3 Å². The number of rotatable bonds is 9. The predicted molar refractivity (Wildman–Crippen MR) is 113 cm³/mol. The molecule has 29 heavy (non-hydrogen) atoms. The Bertz CT molecular complexity index is 899. The van der Waals surface area contributed by atoms with Crippen molar-refractivity contribution in [3.63, 3.8) is 0 Å². The van der Waals surface area contributed by atoms with E-state index in [2.05, 4.69) is 10.3 Å². The van der Waals surface area contributed by atoms with Gasteiger partial charge in [0.1, 0.15) is 18.2 Å². The number of ether oxygens (including phenoxy) is 1. The van der Waals surface area contributed by atoms with Crippen LogP contribution in [0.1, 0.15) is 25.1 Å². The molecule has 0 amide bonds. The lowest BCUT2D eigenvalue weighted by atomic mass is 10.1. The van der Waals surface area contributed by atoms with E-state index in [1.54, 1.807) is 6.07 Å². The second-order valence-electron chi connectivity index (χ2n) is 7.34. The van der Waals surface area contributed by atoms with Gasteiger partial charge in [0.25, 0.3) is 0 Å². The fourth-order valence-corrected chi connectivity index (χ4v) is 2.97. The van der Waals surface area contributed by atoms with Crippen LogP contribution in [0.4, 0.5) is 4.39 Å². The number of aliphatic hydroxyl groups excluding tert-OH is 1. The summed E-state index contributed by atoms with van der Waals surface area (Å²) in [6, 6.07) is 20.6. The smallest absolute Gasteiger partial charge is 0.146 e. The number of hydrogen-bond acceptors (Lipinski definition) is 4. The van der Waals surface area contributed by atoms with Crippen LogP contribution in [0.3, 0.4) is 0 Å². The zero-order valence-corrected chi connectivity index (χ0v) is 16.8. The van der Waals surface area contributed by atoms with Gasteiger partial charge in [0.2, 0.25) is 0 Å². The molecule has 1 aromatic heterocycles. The van der Waals surface area contributed by atoms with Gasteiger partial charge < -0.3 is 15.2 Å². The largest absolute Gasteiger partial charge is 0.489 e. The highest BCUT2D eigenvalue weighted by atomic mass is 19.1. The third-order valence-electron chi connectivity index (χ3n) is 4.85. The molecule has 0 fully saturated rings. The fourth-order valence-electron chi connectivity index (χ4n) is 2.97. The number of hydrogen-bond donors (Lipinski definition) is 2. The Kier molecular flexibility index (Phi) is 7.33. The summed E-state index contributed by atoms with van der Waals surface area (Å²) in [6.07, 6.45) is 0. The van der Waals surface area contributed by atoms with Crippen molar-refractivity contribution in [3.8, 4) is 17.0 Å². The van der Waals surface area contributed by atoms with Gasteiger partial charge in [-0.1, -0.05) is 44.2 Å². The van der Waals surface area contributed by atoms with Gasteiger partial charge in [-0.05, 0) is 47.9 Å². The molecule has 3 rings (SSSR count). The quantitative estimate of drug-likeness (QED) is 0.558. The maximum atomic E-state index is 14.2. The zero-order valence-electron chi connectivity index (χ0n) is 16.8. The molecule has 0 radical (unpaired) electrons. The summed E-state index contributed by atoms with van der Waals surface area (Å²) >= 11 is 0. The first kappa shape index (κ1) is 21.0. The lowest BCUT2D eigenvalue weighted by Crippen LogP contribution is -2.36. The van der Waals surface area contributed by atoms with Gasteiger partial charge >= 0.3 is 0 Å². The van der Waals surface area contributed by atoms with Crippen LogP contribution in [0.2, 0.25) is 0 Å². The molecular weight excluding hydrogens is 367 g/mol. The van der Waals surface area contributed by atoms with Crippen LogP contribution in [-0.2, 0) is 13.2 Å². The highest BCUT2D eigenvalue weighted by Crippen LogP contribution is 2.22. The van der Waals surface area contributed by atoms with Crippen LogP contribution in [0, 0.1) is 11.7 Å². The first-order valence-corrected chi connectivity index (χ1v) is 9.83. The van der Waals surface area contributed by atoms with E-state index in [0.29, 0.717) is 18.0 Å². The maximum Gasteiger partial charge on any atom is 0.146 e. The summed E-state index contributed by atoms with van der Waals surface area (Å²) < 4.78 is 20.0. The third kappa shape index (κ3) is 5.86. The summed E-state index contributed by atoms with van der Waals surface area (Å²) in [5.74, 6) is 0.656. The second kappa shape index (κ2) is 10.1. The van der Waals surface area contributed by atoms with Crippen molar-refractivity contribution in [2.75, 3.05) is 6.61 Å². The highest BCUT2D eigenvalue weighted by molar-refractivity contribution is 5.60. The number of benzene rings is 2. The first-order valence-electron chi connectivity index (χ1n) is 9.83. The molecule has 2 aromatic carbocycles. The molecule has 0 aliphatic heterocycles. The minimum Gasteiger partial charge on any atom is -0.489 e. The molecule has 5 heteroatoms. The fraction of sp³-hybridized carbons (Fsp3) is 0.292. The van der Waals surface area contributed by atoms with Crippen LogP contribution >= 0.6 is 0 Å². The molecule has 0 aliphatic rings. The Morgan fingerprint density at radius 3 is 2.38 bits per heavy atom. The van der Waals surface area contributed by atoms with Crippen molar-refractivity contribution >= 4 is 0 Å². The monoisotopic (exact) mass is 394 g/mol. The van der Waals surface area contributed by atoms with Crippen molar-refractivity contribution in [2.45, 2.75) is 33.0 Å². The van der Waals surface area contributed by atoms with Gasteiger partial charge in [0.05, 0.1) is 18.0 Å². The molecular formula is C24H27FN2O2. The van der Waals surface area contributed by atoms with Crippen LogP contribution in [0.5, 0.6) is 5.75 Å². The summed E-state index contributed by atoms with van der Waals surface area (Å²) in [7, 11) is 0. The molecule has 1 atom stereocenters. The van der Waals surface area contributed by atoms with E-state index in [1.807, 2.05) is 68.4 Å². The van der Waals surface area contributed by atoms with Gasteiger partial charge in [0.15, 0.2) is 0 Å². The zero-order chi connectivity index (χ0) is 20.6. The van der Waals surface area contributed by atoms with Crippen LogP contribution < -0.4 is 10.1 Å². The molecule has 0 saturated carbocycles.